The van der Waals surface area contributed by atoms with Crippen LogP contribution in [0.2, 0.25) is 0 Å². The largest absolute Gasteiger partial charge is 0.291 e. The van der Waals surface area contributed by atoms with Crippen LogP contribution in [-0.4, -0.2) is 18.9 Å². The van der Waals surface area contributed by atoms with E-state index in [1.165, 1.54) is 38.5 Å². The van der Waals surface area contributed by atoms with Crippen LogP contribution < -0.4 is 5.32 Å². The molecule has 1 aliphatic rings. The first-order valence-electron chi connectivity index (χ1n) is 5.83. The highest BCUT2D eigenvalue weighted by molar-refractivity contribution is 5.61. The number of nitrogens with zero attached hydrogens (tertiary/aromatic N) is 1. The molecule has 1 atom stereocenters. The maximum atomic E-state index is 4.32. The molecule has 80 valence electrons. The van der Waals surface area contributed by atoms with Crippen LogP contribution >= 0.6 is 0 Å². The summed E-state index contributed by atoms with van der Waals surface area (Å²) in [5.74, 6) is 0. The number of unbranched alkanes of at least 4 members (excludes halogenated alkanes) is 3. The van der Waals surface area contributed by atoms with Gasteiger partial charge in [0.2, 0.25) is 0 Å². The zero-order valence-electron chi connectivity index (χ0n) is 9.21. The quantitative estimate of drug-likeness (QED) is 0.489. The Bertz CT molecular complexity index is 185. The molecule has 1 heterocycles. The van der Waals surface area contributed by atoms with E-state index in [1.54, 1.807) is 0 Å². The Kier molecular flexibility index (Phi) is 6.33. The molecule has 14 heavy (non-hydrogen) atoms. The molecule has 0 aromatic carbocycles. The average Bonchev–Trinajstić information content (AvgIpc) is 2.69. The van der Waals surface area contributed by atoms with Crippen LogP contribution in [-0.2, 0) is 0 Å². The smallest absolute Gasteiger partial charge is 0.0993 e. The summed E-state index contributed by atoms with van der Waals surface area (Å²) in [5, 5.41) is 3.32. The number of hydrogen-bond donors (Lipinski definition) is 1. The van der Waals surface area contributed by atoms with Crippen LogP contribution in [0.3, 0.4) is 0 Å². The predicted octanol–water partition coefficient (Wildman–Crippen LogP) is 2.90. The first-order chi connectivity index (χ1) is 6.93. The minimum Gasteiger partial charge on any atom is -0.291 e. The molecule has 0 fully saturated rings. The lowest BCUT2D eigenvalue weighted by molar-refractivity contribution is 0.539. The summed E-state index contributed by atoms with van der Waals surface area (Å²) in [5.41, 5.74) is 0. The van der Waals surface area contributed by atoms with Crippen molar-refractivity contribution in [3.05, 3.63) is 12.2 Å². The number of aliphatic imine (C=N–C) groups is 1. The van der Waals surface area contributed by atoms with E-state index in [-0.39, 0.29) is 0 Å². The molecule has 0 saturated carbocycles. The number of rotatable bonds is 7. The Hall–Kier alpha value is -0.630. The fraction of sp³-hybridized carbons (Fsp3) is 0.750. The molecule has 0 radical (unpaired) electrons. The minimum atomic E-state index is 0.402. The fourth-order valence-electron chi connectivity index (χ4n) is 1.58. The highest BCUT2D eigenvalue weighted by Crippen LogP contribution is 2.05. The van der Waals surface area contributed by atoms with Gasteiger partial charge in [0.1, 0.15) is 0 Å². The summed E-state index contributed by atoms with van der Waals surface area (Å²) in [6.45, 7) is 3.19. The Morgan fingerprint density at radius 2 is 2.14 bits per heavy atom. The Balaban J connectivity index is 1.88. The van der Waals surface area contributed by atoms with E-state index in [0.717, 1.165) is 6.54 Å². The Labute approximate surface area is 87.5 Å². The number of nitrogens with one attached hydrogen (secondary N) is 1. The van der Waals surface area contributed by atoms with Crippen molar-refractivity contribution in [1.82, 2.24) is 5.32 Å². The van der Waals surface area contributed by atoms with Gasteiger partial charge in [0.15, 0.2) is 0 Å². The third-order valence-electron chi connectivity index (χ3n) is 2.47. The lowest BCUT2D eigenvalue weighted by atomic mass is 10.2. The Morgan fingerprint density at radius 1 is 1.36 bits per heavy atom. The average molecular weight is 194 g/mol. The first kappa shape index (κ1) is 11.4. The SMILES string of the molecule is CCCC/C=C/CCCC1N=CCN1. The summed E-state index contributed by atoms with van der Waals surface area (Å²) in [6, 6.07) is 0. The standard InChI is InChI=1S/C12H22N2/c1-2-3-4-5-6-7-8-9-12-13-10-11-14-12/h5-6,10,12,14H,2-4,7-9,11H2,1H3/b6-5+. The van der Waals surface area contributed by atoms with Crippen molar-refractivity contribution in [2.75, 3.05) is 6.54 Å². The first-order valence-corrected chi connectivity index (χ1v) is 5.83. The highest BCUT2D eigenvalue weighted by atomic mass is 15.1. The predicted molar refractivity (Wildman–Crippen MR) is 62.8 cm³/mol. The van der Waals surface area contributed by atoms with Crippen molar-refractivity contribution in [1.29, 1.82) is 0 Å². The van der Waals surface area contributed by atoms with Gasteiger partial charge in [-0.15, -0.1) is 0 Å². The van der Waals surface area contributed by atoms with E-state index >= 15 is 0 Å². The molecule has 1 N–H and O–H groups in total. The molecule has 0 bridgehead atoms. The van der Waals surface area contributed by atoms with Crippen molar-refractivity contribution in [2.24, 2.45) is 4.99 Å². The maximum Gasteiger partial charge on any atom is 0.0993 e. The van der Waals surface area contributed by atoms with Gasteiger partial charge in [-0.2, -0.15) is 0 Å². The molecule has 2 nitrogen and oxygen atoms in total. The van der Waals surface area contributed by atoms with Crippen LogP contribution in [0.15, 0.2) is 17.1 Å². The van der Waals surface area contributed by atoms with Gasteiger partial charge < -0.3 is 0 Å². The van der Waals surface area contributed by atoms with Crippen LogP contribution in [0, 0.1) is 0 Å². The van der Waals surface area contributed by atoms with E-state index in [9.17, 15) is 0 Å². The van der Waals surface area contributed by atoms with Gasteiger partial charge in [-0.25, -0.2) is 0 Å². The normalized spacial score (nSPS) is 21.1. The van der Waals surface area contributed by atoms with Gasteiger partial charge in [0, 0.05) is 12.8 Å². The van der Waals surface area contributed by atoms with Gasteiger partial charge in [0.05, 0.1) is 6.17 Å². The third-order valence-corrected chi connectivity index (χ3v) is 2.47. The second-order valence-electron chi connectivity index (χ2n) is 3.80. The molecule has 0 aromatic heterocycles. The van der Waals surface area contributed by atoms with Gasteiger partial charge in [-0.1, -0.05) is 31.9 Å². The molecule has 0 amide bonds. The van der Waals surface area contributed by atoms with Crippen molar-refractivity contribution in [2.45, 2.75) is 51.6 Å². The van der Waals surface area contributed by atoms with E-state index < -0.39 is 0 Å². The van der Waals surface area contributed by atoms with Crippen LogP contribution in [0.25, 0.3) is 0 Å². The van der Waals surface area contributed by atoms with E-state index in [1.807, 2.05) is 6.21 Å². The van der Waals surface area contributed by atoms with Crippen molar-refractivity contribution < 1.29 is 0 Å². The van der Waals surface area contributed by atoms with Crippen molar-refractivity contribution >= 4 is 6.21 Å². The lowest BCUT2D eigenvalue weighted by Crippen LogP contribution is -2.21. The third kappa shape index (κ3) is 5.18. The molecule has 0 aromatic rings. The molecule has 0 aliphatic carbocycles. The van der Waals surface area contributed by atoms with Crippen LogP contribution in [0.5, 0.6) is 0 Å². The van der Waals surface area contributed by atoms with E-state index in [0.29, 0.717) is 6.17 Å². The Morgan fingerprint density at radius 3 is 2.79 bits per heavy atom. The maximum absolute atomic E-state index is 4.32. The summed E-state index contributed by atoms with van der Waals surface area (Å²) in [7, 11) is 0. The number of hydrogen-bond acceptors (Lipinski definition) is 2. The summed E-state index contributed by atoms with van der Waals surface area (Å²) >= 11 is 0. The molecule has 1 rings (SSSR count). The zero-order chi connectivity index (χ0) is 10.1. The van der Waals surface area contributed by atoms with E-state index in [4.69, 9.17) is 0 Å². The summed E-state index contributed by atoms with van der Waals surface area (Å²) in [6.07, 6.45) is 14.5. The minimum absolute atomic E-state index is 0.402. The van der Waals surface area contributed by atoms with E-state index in [2.05, 4.69) is 29.4 Å². The molecule has 1 unspecified atom stereocenters. The topological polar surface area (TPSA) is 24.4 Å². The molecular formula is C12H22N2. The van der Waals surface area contributed by atoms with Crippen molar-refractivity contribution in [3.8, 4) is 0 Å². The van der Waals surface area contributed by atoms with Gasteiger partial charge >= 0.3 is 0 Å². The molecular weight excluding hydrogens is 172 g/mol. The zero-order valence-corrected chi connectivity index (χ0v) is 9.21. The van der Waals surface area contributed by atoms with Crippen molar-refractivity contribution in [3.63, 3.8) is 0 Å². The highest BCUT2D eigenvalue weighted by Gasteiger charge is 2.06. The van der Waals surface area contributed by atoms with Gasteiger partial charge in [0.25, 0.3) is 0 Å². The molecule has 1 aliphatic heterocycles. The lowest BCUT2D eigenvalue weighted by Gasteiger charge is -2.05. The monoisotopic (exact) mass is 194 g/mol. The number of allylic oxidation sites excluding steroid dienone is 2. The second kappa shape index (κ2) is 7.74. The molecule has 2 heteroatoms. The van der Waals surface area contributed by atoms with Gasteiger partial charge in [-0.3, -0.25) is 10.3 Å². The van der Waals surface area contributed by atoms with Gasteiger partial charge in [-0.05, 0) is 25.7 Å². The van der Waals surface area contributed by atoms with Crippen LogP contribution in [0.4, 0.5) is 0 Å². The van der Waals surface area contributed by atoms with Crippen LogP contribution in [0.1, 0.15) is 45.4 Å². The molecule has 0 saturated heterocycles. The molecule has 0 spiro atoms. The summed E-state index contributed by atoms with van der Waals surface area (Å²) in [4.78, 5) is 4.32. The summed E-state index contributed by atoms with van der Waals surface area (Å²) < 4.78 is 0. The fourth-order valence-corrected chi connectivity index (χ4v) is 1.58. The second-order valence-corrected chi connectivity index (χ2v) is 3.80.